The van der Waals surface area contributed by atoms with Gasteiger partial charge in [-0.25, -0.2) is 9.78 Å². The first-order chi connectivity index (χ1) is 9.58. The van der Waals surface area contributed by atoms with Gasteiger partial charge in [-0.15, -0.1) is 0 Å². The van der Waals surface area contributed by atoms with Gasteiger partial charge in [0.15, 0.2) is 5.69 Å². The van der Waals surface area contributed by atoms with E-state index in [1.807, 2.05) is 24.3 Å². The van der Waals surface area contributed by atoms with E-state index in [2.05, 4.69) is 18.8 Å². The third-order valence-electron chi connectivity index (χ3n) is 3.12. The van der Waals surface area contributed by atoms with Gasteiger partial charge in [0.05, 0.1) is 12.1 Å². The molecule has 20 heavy (non-hydrogen) atoms. The SMILES string of the molecule is CC(C)CCCOC(=O)c1cc(N)c2ccccc2n1. The highest BCUT2D eigenvalue weighted by atomic mass is 16.5. The van der Waals surface area contributed by atoms with Gasteiger partial charge in [0.25, 0.3) is 0 Å². The third-order valence-corrected chi connectivity index (χ3v) is 3.12. The molecule has 0 saturated carbocycles. The van der Waals surface area contributed by atoms with Gasteiger partial charge in [-0.05, 0) is 30.9 Å². The third kappa shape index (κ3) is 3.47. The Morgan fingerprint density at radius 3 is 2.85 bits per heavy atom. The van der Waals surface area contributed by atoms with Gasteiger partial charge >= 0.3 is 5.97 Å². The number of para-hydroxylation sites is 1. The zero-order chi connectivity index (χ0) is 14.5. The maximum absolute atomic E-state index is 11.9. The molecule has 1 aromatic heterocycles. The Bertz CT molecular complexity index is 608. The van der Waals surface area contributed by atoms with Crippen molar-refractivity contribution in [3.63, 3.8) is 0 Å². The predicted molar refractivity (Wildman–Crippen MR) is 80.5 cm³/mol. The molecule has 0 unspecified atom stereocenters. The smallest absolute Gasteiger partial charge is 0.357 e. The number of nitrogens with two attached hydrogens (primary N) is 1. The Morgan fingerprint density at radius 2 is 2.10 bits per heavy atom. The van der Waals surface area contributed by atoms with Crippen LogP contribution in [0.15, 0.2) is 30.3 Å². The molecular weight excluding hydrogens is 252 g/mol. The van der Waals surface area contributed by atoms with Crippen LogP contribution in [0.4, 0.5) is 5.69 Å². The van der Waals surface area contributed by atoms with Crippen LogP contribution < -0.4 is 5.73 Å². The molecule has 0 saturated heterocycles. The van der Waals surface area contributed by atoms with Crippen molar-refractivity contribution in [1.29, 1.82) is 0 Å². The lowest BCUT2D eigenvalue weighted by Crippen LogP contribution is -2.10. The van der Waals surface area contributed by atoms with Crippen LogP contribution in [0.5, 0.6) is 0 Å². The predicted octanol–water partition coefficient (Wildman–Crippen LogP) is 3.41. The lowest BCUT2D eigenvalue weighted by atomic mass is 10.1. The number of carbonyl (C=O) groups is 1. The summed E-state index contributed by atoms with van der Waals surface area (Å²) in [6.07, 6.45) is 1.91. The average molecular weight is 272 g/mol. The lowest BCUT2D eigenvalue weighted by molar-refractivity contribution is 0.0488. The number of hydrogen-bond acceptors (Lipinski definition) is 4. The van der Waals surface area contributed by atoms with Crippen molar-refractivity contribution < 1.29 is 9.53 Å². The Morgan fingerprint density at radius 1 is 1.35 bits per heavy atom. The minimum atomic E-state index is -0.411. The molecule has 0 aliphatic rings. The molecule has 2 rings (SSSR count). The van der Waals surface area contributed by atoms with Gasteiger partial charge in [-0.1, -0.05) is 32.0 Å². The summed E-state index contributed by atoms with van der Waals surface area (Å²) in [4.78, 5) is 16.2. The number of ether oxygens (including phenoxy) is 1. The number of fused-ring (bicyclic) bond motifs is 1. The monoisotopic (exact) mass is 272 g/mol. The number of esters is 1. The Kier molecular flexibility index (Phi) is 4.56. The van der Waals surface area contributed by atoms with Gasteiger partial charge in [-0.3, -0.25) is 0 Å². The first kappa shape index (κ1) is 14.3. The van der Waals surface area contributed by atoms with Gasteiger partial charge in [-0.2, -0.15) is 0 Å². The minimum Gasteiger partial charge on any atom is -0.461 e. The summed E-state index contributed by atoms with van der Waals surface area (Å²) in [6.45, 7) is 4.71. The van der Waals surface area contributed by atoms with Crippen LogP contribution in [-0.2, 0) is 4.74 Å². The zero-order valence-corrected chi connectivity index (χ0v) is 11.9. The normalized spacial score (nSPS) is 10.9. The van der Waals surface area contributed by atoms with E-state index in [-0.39, 0.29) is 5.69 Å². The second-order valence-electron chi connectivity index (χ2n) is 5.29. The summed E-state index contributed by atoms with van der Waals surface area (Å²) >= 11 is 0. The molecule has 0 spiro atoms. The van der Waals surface area contributed by atoms with E-state index < -0.39 is 5.97 Å². The largest absolute Gasteiger partial charge is 0.461 e. The summed E-state index contributed by atoms with van der Waals surface area (Å²) in [5.74, 6) is 0.203. The van der Waals surface area contributed by atoms with E-state index in [0.29, 0.717) is 23.7 Å². The molecule has 2 N–H and O–H groups in total. The first-order valence-corrected chi connectivity index (χ1v) is 6.90. The highest BCUT2D eigenvalue weighted by Gasteiger charge is 2.12. The molecule has 1 aromatic carbocycles. The molecule has 0 fully saturated rings. The Labute approximate surface area is 119 Å². The van der Waals surface area contributed by atoms with Crippen molar-refractivity contribution in [2.45, 2.75) is 26.7 Å². The number of aromatic nitrogens is 1. The number of rotatable bonds is 5. The van der Waals surface area contributed by atoms with E-state index in [0.717, 1.165) is 18.2 Å². The summed E-state index contributed by atoms with van der Waals surface area (Å²) in [6, 6.07) is 9.06. The highest BCUT2D eigenvalue weighted by molar-refractivity contribution is 5.96. The van der Waals surface area contributed by atoms with Crippen molar-refractivity contribution in [3.8, 4) is 0 Å². The van der Waals surface area contributed by atoms with Crippen molar-refractivity contribution in [3.05, 3.63) is 36.0 Å². The van der Waals surface area contributed by atoms with E-state index in [1.54, 1.807) is 6.07 Å². The number of anilines is 1. The quantitative estimate of drug-likeness (QED) is 0.669. The number of hydrogen-bond donors (Lipinski definition) is 1. The molecule has 0 bridgehead atoms. The molecule has 2 aromatic rings. The number of pyridine rings is 1. The number of benzene rings is 1. The van der Waals surface area contributed by atoms with Gasteiger partial charge in [0.1, 0.15) is 0 Å². The first-order valence-electron chi connectivity index (χ1n) is 6.90. The number of nitrogen functional groups attached to an aromatic ring is 1. The number of carbonyl (C=O) groups excluding carboxylic acids is 1. The van der Waals surface area contributed by atoms with Gasteiger partial charge in [0, 0.05) is 11.1 Å². The minimum absolute atomic E-state index is 0.269. The Hall–Kier alpha value is -2.10. The standard InChI is InChI=1S/C16H20N2O2/c1-11(2)6-5-9-20-16(19)15-10-13(17)12-7-3-4-8-14(12)18-15/h3-4,7-8,10-11H,5-6,9H2,1-2H3,(H2,17,18). The van der Waals surface area contributed by atoms with Crippen LogP contribution in [0.3, 0.4) is 0 Å². The van der Waals surface area contributed by atoms with Crippen LogP contribution in [0, 0.1) is 5.92 Å². The van der Waals surface area contributed by atoms with Gasteiger partial charge < -0.3 is 10.5 Å². The van der Waals surface area contributed by atoms with Crippen molar-refractivity contribution in [2.24, 2.45) is 5.92 Å². The van der Waals surface area contributed by atoms with Crippen LogP contribution in [0.25, 0.3) is 10.9 Å². The second-order valence-corrected chi connectivity index (χ2v) is 5.29. The molecule has 106 valence electrons. The molecule has 4 nitrogen and oxygen atoms in total. The Balaban J connectivity index is 2.07. The summed E-state index contributed by atoms with van der Waals surface area (Å²) in [5, 5.41) is 0.851. The van der Waals surface area contributed by atoms with Crippen molar-refractivity contribution in [2.75, 3.05) is 12.3 Å². The van der Waals surface area contributed by atoms with Crippen molar-refractivity contribution in [1.82, 2.24) is 4.98 Å². The molecular formula is C16H20N2O2. The number of nitrogens with zero attached hydrogens (tertiary/aromatic N) is 1. The fourth-order valence-electron chi connectivity index (χ4n) is 2.04. The molecule has 0 aliphatic heterocycles. The van der Waals surface area contributed by atoms with E-state index in [4.69, 9.17) is 10.5 Å². The fourth-order valence-corrected chi connectivity index (χ4v) is 2.04. The van der Waals surface area contributed by atoms with E-state index >= 15 is 0 Å². The van der Waals surface area contributed by atoms with Gasteiger partial charge in [0.2, 0.25) is 0 Å². The fraction of sp³-hybridized carbons (Fsp3) is 0.375. The summed E-state index contributed by atoms with van der Waals surface area (Å²) < 4.78 is 5.23. The van der Waals surface area contributed by atoms with Crippen LogP contribution in [0.1, 0.15) is 37.2 Å². The van der Waals surface area contributed by atoms with E-state index in [9.17, 15) is 4.79 Å². The molecule has 0 radical (unpaired) electrons. The molecule has 4 heteroatoms. The second kappa shape index (κ2) is 6.37. The maximum Gasteiger partial charge on any atom is 0.357 e. The lowest BCUT2D eigenvalue weighted by Gasteiger charge is -2.08. The van der Waals surface area contributed by atoms with Crippen LogP contribution in [0.2, 0.25) is 0 Å². The topological polar surface area (TPSA) is 65.2 Å². The summed E-state index contributed by atoms with van der Waals surface area (Å²) in [7, 11) is 0. The molecule has 0 atom stereocenters. The molecule has 0 amide bonds. The van der Waals surface area contributed by atoms with Crippen molar-refractivity contribution >= 4 is 22.6 Å². The van der Waals surface area contributed by atoms with E-state index in [1.165, 1.54) is 0 Å². The highest BCUT2D eigenvalue weighted by Crippen LogP contribution is 2.20. The molecule has 1 heterocycles. The maximum atomic E-state index is 11.9. The van der Waals surface area contributed by atoms with Crippen LogP contribution >= 0.6 is 0 Å². The zero-order valence-electron chi connectivity index (χ0n) is 11.9. The summed E-state index contributed by atoms with van der Waals surface area (Å²) in [5.41, 5.74) is 7.47. The molecule has 0 aliphatic carbocycles. The average Bonchev–Trinajstić information content (AvgIpc) is 2.43. The van der Waals surface area contributed by atoms with Crippen LogP contribution in [-0.4, -0.2) is 17.6 Å².